The van der Waals surface area contributed by atoms with Gasteiger partial charge in [0.2, 0.25) is 6.04 Å². The smallest absolute Gasteiger partial charge is 0.218 e. The fourth-order valence-electron chi connectivity index (χ4n) is 2.91. The van der Waals surface area contributed by atoms with Crippen LogP contribution in [-0.2, 0) is 0 Å². The second kappa shape index (κ2) is 2.19. The van der Waals surface area contributed by atoms with E-state index >= 15 is 0 Å². The first-order chi connectivity index (χ1) is 5.20. The highest BCUT2D eigenvalue weighted by Crippen LogP contribution is 2.49. The van der Waals surface area contributed by atoms with E-state index in [-0.39, 0.29) is 11.0 Å². The molecule has 0 radical (unpaired) electrons. The number of fused-ring (bicyclic) bond motifs is 2. The fourth-order valence-corrected chi connectivity index (χ4v) is 2.91. The van der Waals surface area contributed by atoms with Gasteiger partial charge in [-0.1, -0.05) is 6.92 Å². The average Bonchev–Trinajstić information content (AvgIpc) is 2.44. The molecule has 0 aromatic heterocycles. The summed E-state index contributed by atoms with van der Waals surface area (Å²) in [7, 11) is 0. The van der Waals surface area contributed by atoms with E-state index in [0.29, 0.717) is 17.8 Å². The van der Waals surface area contributed by atoms with Crippen molar-refractivity contribution in [2.75, 3.05) is 0 Å². The monoisotopic (exact) mass is 155 g/mol. The predicted octanol–water partition coefficient (Wildman–Crippen LogP) is 1.70. The minimum Gasteiger partial charge on any atom is -0.264 e. The molecule has 4 atom stereocenters. The quantitative estimate of drug-likeness (QED) is 0.427. The van der Waals surface area contributed by atoms with Gasteiger partial charge in [0.1, 0.15) is 0 Å². The van der Waals surface area contributed by atoms with Crippen LogP contribution in [0.3, 0.4) is 0 Å². The third kappa shape index (κ3) is 0.865. The molecule has 0 spiro atoms. The molecule has 0 amide bonds. The Morgan fingerprint density at radius 3 is 2.36 bits per heavy atom. The molecule has 0 aliphatic heterocycles. The SMILES string of the molecule is C[C@@H]1[C@H]2CC[C@H](C2)[C@H]1[N+](=O)[O-]. The summed E-state index contributed by atoms with van der Waals surface area (Å²) in [6.07, 6.45) is 3.45. The highest BCUT2D eigenvalue weighted by atomic mass is 16.6. The summed E-state index contributed by atoms with van der Waals surface area (Å²) in [4.78, 5) is 10.5. The Morgan fingerprint density at radius 1 is 1.36 bits per heavy atom. The second-order valence-corrected chi connectivity index (χ2v) is 3.97. The summed E-state index contributed by atoms with van der Waals surface area (Å²) in [6, 6.07) is -0.214. The molecule has 0 saturated heterocycles. The summed E-state index contributed by atoms with van der Waals surface area (Å²) in [5, 5.41) is 10.6. The maximum absolute atomic E-state index is 10.6. The molecule has 2 bridgehead atoms. The Morgan fingerprint density at radius 2 is 2.00 bits per heavy atom. The maximum Gasteiger partial charge on any atom is 0.218 e. The van der Waals surface area contributed by atoms with Crippen molar-refractivity contribution in [3.8, 4) is 0 Å². The van der Waals surface area contributed by atoms with Crippen LogP contribution in [0.2, 0.25) is 0 Å². The molecule has 2 aliphatic carbocycles. The van der Waals surface area contributed by atoms with Gasteiger partial charge in [-0.25, -0.2) is 0 Å². The molecule has 62 valence electrons. The summed E-state index contributed by atoms with van der Waals surface area (Å²) >= 11 is 0. The van der Waals surface area contributed by atoms with Crippen LogP contribution in [0, 0.1) is 27.9 Å². The number of hydrogen-bond acceptors (Lipinski definition) is 2. The molecule has 3 nitrogen and oxygen atoms in total. The molecule has 2 fully saturated rings. The van der Waals surface area contributed by atoms with E-state index in [1.165, 1.54) is 6.42 Å². The lowest BCUT2D eigenvalue weighted by Gasteiger charge is -2.20. The van der Waals surface area contributed by atoms with Gasteiger partial charge in [-0.05, 0) is 25.2 Å². The van der Waals surface area contributed by atoms with Gasteiger partial charge in [0.25, 0.3) is 0 Å². The molecule has 0 unspecified atom stereocenters. The van der Waals surface area contributed by atoms with Gasteiger partial charge in [0, 0.05) is 16.8 Å². The molecule has 2 saturated carbocycles. The number of nitrogens with zero attached hydrogens (tertiary/aromatic N) is 1. The van der Waals surface area contributed by atoms with Crippen molar-refractivity contribution < 1.29 is 4.92 Å². The van der Waals surface area contributed by atoms with E-state index in [0.717, 1.165) is 12.8 Å². The van der Waals surface area contributed by atoms with Crippen LogP contribution in [0.5, 0.6) is 0 Å². The van der Waals surface area contributed by atoms with E-state index in [1.54, 1.807) is 0 Å². The summed E-state index contributed by atoms with van der Waals surface area (Å²) in [6.45, 7) is 2.04. The van der Waals surface area contributed by atoms with E-state index in [2.05, 4.69) is 0 Å². The van der Waals surface area contributed by atoms with Gasteiger partial charge in [-0.3, -0.25) is 10.1 Å². The lowest BCUT2D eigenvalue weighted by Crippen LogP contribution is -2.32. The second-order valence-electron chi connectivity index (χ2n) is 3.97. The Kier molecular flexibility index (Phi) is 1.41. The Balaban J connectivity index is 2.17. The van der Waals surface area contributed by atoms with Crippen molar-refractivity contribution in [1.82, 2.24) is 0 Å². The number of rotatable bonds is 1. The van der Waals surface area contributed by atoms with Gasteiger partial charge >= 0.3 is 0 Å². The molecular formula is C8H13NO2. The van der Waals surface area contributed by atoms with Crippen molar-refractivity contribution in [3.05, 3.63) is 10.1 Å². The first-order valence-electron chi connectivity index (χ1n) is 4.33. The van der Waals surface area contributed by atoms with Crippen LogP contribution >= 0.6 is 0 Å². The van der Waals surface area contributed by atoms with Crippen molar-refractivity contribution in [3.63, 3.8) is 0 Å². The standard InChI is InChI=1S/C8H13NO2/c1-5-6-2-3-7(4-6)8(5)9(10)11/h5-8H,2-4H2,1H3/t5-,6+,7-,8+/m1/s1. The Bertz CT molecular complexity index is 191. The number of nitro groups is 1. The van der Waals surface area contributed by atoms with E-state index in [4.69, 9.17) is 0 Å². The topological polar surface area (TPSA) is 43.1 Å². The normalized spacial score (nSPS) is 48.1. The summed E-state index contributed by atoms with van der Waals surface area (Å²) in [5.41, 5.74) is 0. The minimum atomic E-state index is -0.214. The zero-order valence-electron chi connectivity index (χ0n) is 6.69. The third-order valence-electron chi connectivity index (χ3n) is 3.52. The molecule has 3 heteroatoms. The van der Waals surface area contributed by atoms with Crippen LogP contribution in [0.15, 0.2) is 0 Å². The van der Waals surface area contributed by atoms with Gasteiger partial charge in [-0.15, -0.1) is 0 Å². The molecule has 0 heterocycles. The zero-order chi connectivity index (χ0) is 8.01. The van der Waals surface area contributed by atoms with Crippen LogP contribution in [0.1, 0.15) is 26.2 Å². The highest BCUT2D eigenvalue weighted by Gasteiger charge is 2.51. The molecule has 11 heavy (non-hydrogen) atoms. The van der Waals surface area contributed by atoms with Gasteiger partial charge in [-0.2, -0.15) is 0 Å². The third-order valence-corrected chi connectivity index (χ3v) is 3.52. The molecular weight excluding hydrogens is 142 g/mol. The molecule has 2 aliphatic rings. The lowest BCUT2D eigenvalue weighted by atomic mass is 9.86. The first kappa shape index (κ1) is 7.07. The minimum absolute atomic E-state index is 0.0610. The molecule has 0 aromatic carbocycles. The van der Waals surface area contributed by atoms with Crippen molar-refractivity contribution in [1.29, 1.82) is 0 Å². The zero-order valence-corrected chi connectivity index (χ0v) is 6.69. The largest absolute Gasteiger partial charge is 0.264 e. The van der Waals surface area contributed by atoms with E-state index in [9.17, 15) is 10.1 Å². The fraction of sp³-hybridized carbons (Fsp3) is 1.00. The molecule has 2 rings (SSSR count). The number of hydrogen-bond donors (Lipinski definition) is 0. The van der Waals surface area contributed by atoms with Crippen molar-refractivity contribution >= 4 is 0 Å². The van der Waals surface area contributed by atoms with E-state index < -0.39 is 0 Å². The van der Waals surface area contributed by atoms with Crippen molar-refractivity contribution in [2.24, 2.45) is 17.8 Å². The summed E-state index contributed by atoms with van der Waals surface area (Å²) < 4.78 is 0. The predicted molar refractivity (Wildman–Crippen MR) is 40.8 cm³/mol. The molecule has 0 aromatic rings. The average molecular weight is 155 g/mol. The van der Waals surface area contributed by atoms with Crippen LogP contribution in [-0.4, -0.2) is 11.0 Å². The lowest BCUT2D eigenvalue weighted by molar-refractivity contribution is -0.538. The van der Waals surface area contributed by atoms with Crippen LogP contribution in [0.25, 0.3) is 0 Å². The van der Waals surface area contributed by atoms with Crippen LogP contribution in [0.4, 0.5) is 0 Å². The van der Waals surface area contributed by atoms with Crippen LogP contribution < -0.4 is 0 Å². The summed E-state index contributed by atoms with van der Waals surface area (Å²) in [5.74, 6) is 1.41. The first-order valence-corrected chi connectivity index (χ1v) is 4.33. The Hall–Kier alpha value is -0.600. The maximum atomic E-state index is 10.6. The van der Waals surface area contributed by atoms with Gasteiger partial charge < -0.3 is 0 Å². The van der Waals surface area contributed by atoms with Gasteiger partial charge in [0.05, 0.1) is 0 Å². The van der Waals surface area contributed by atoms with E-state index in [1.807, 2.05) is 6.92 Å². The Labute approximate surface area is 65.9 Å². The van der Waals surface area contributed by atoms with Crippen molar-refractivity contribution in [2.45, 2.75) is 32.2 Å². The highest BCUT2D eigenvalue weighted by molar-refractivity contribution is 4.94. The molecule has 0 N–H and O–H groups in total. The van der Waals surface area contributed by atoms with Gasteiger partial charge in [0.15, 0.2) is 0 Å².